The molecule has 3 rings (SSSR count). The quantitative estimate of drug-likeness (QED) is 0.828. The summed E-state index contributed by atoms with van der Waals surface area (Å²) < 4.78 is 2.61. The van der Waals surface area contributed by atoms with E-state index in [0.29, 0.717) is 17.9 Å². The van der Waals surface area contributed by atoms with E-state index in [4.69, 9.17) is 5.73 Å². The lowest BCUT2D eigenvalue weighted by Gasteiger charge is -2.05. The van der Waals surface area contributed by atoms with Crippen LogP contribution in [-0.2, 0) is 6.54 Å². The first kappa shape index (κ1) is 12.9. The average molecular weight is 331 g/mol. The summed E-state index contributed by atoms with van der Waals surface area (Å²) in [6.45, 7) is 0.588. The number of nitrogens with two attached hydrogens (primary N) is 1. The van der Waals surface area contributed by atoms with Gasteiger partial charge in [-0.05, 0) is 30.3 Å². The van der Waals surface area contributed by atoms with Crippen molar-refractivity contribution in [1.29, 1.82) is 0 Å². The first-order valence-corrected chi connectivity index (χ1v) is 6.99. The zero-order chi connectivity index (χ0) is 14.1. The van der Waals surface area contributed by atoms with Crippen molar-refractivity contribution in [2.45, 2.75) is 6.54 Å². The smallest absolute Gasteiger partial charge is 0.285 e. The molecule has 20 heavy (non-hydrogen) atoms. The summed E-state index contributed by atoms with van der Waals surface area (Å²) in [5.41, 5.74) is 11.6. The van der Waals surface area contributed by atoms with Crippen LogP contribution >= 0.6 is 15.9 Å². The number of hydrazine groups is 1. The summed E-state index contributed by atoms with van der Waals surface area (Å²) >= 11 is 3.35. The monoisotopic (exact) mass is 330 g/mol. The summed E-state index contributed by atoms with van der Waals surface area (Å²) in [5.74, 6) is 0.402. The van der Waals surface area contributed by atoms with Gasteiger partial charge in [0.1, 0.15) is 6.54 Å². The van der Waals surface area contributed by atoms with Crippen molar-refractivity contribution in [3.63, 3.8) is 0 Å². The SMILES string of the molecule is NC1=[N+](NC(=O)c2ccc(Br)cc2)Cc2ccccc21. The molecule has 0 radical (unpaired) electrons. The summed E-state index contributed by atoms with van der Waals surface area (Å²) in [7, 11) is 0. The lowest BCUT2D eigenvalue weighted by molar-refractivity contribution is -0.584. The van der Waals surface area contributed by atoms with E-state index in [-0.39, 0.29) is 5.91 Å². The van der Waals surface area contributed by atoms with E-state index in [1.54, 1.807) is 16.8 Å². The molecular weight excluding hydrogens is 318 g/mol. The topological polar surface area (TPSA) is 58.1 Å². The fourth-order valence-corrected chi connectivity index (χ4v) is 2.46. The molecule has 0 bridgehead atoms. The Kier molecular flexibility index (Phi) is 3.28. The molecule has 0 saturated carbocycles. The van der Waals surface area contributed by atoms with Crippen LogP contribution in [0.25, 0.3) is 0 Å². The molecule has 2 aromatic carbocycles. The summed E-state index contributed by atoms with van der Waals surface area (Å²) in [6.07, 6.45) is 0. The highest BCUT2D eigenvalue weighted by molar-refractivity contribution is 9.10. The van der Waals surface area contributed by atoms with Gasteiger partial charge in [-0.3, -0.25) is 10.5 Å². The number of amidine groups is 1. The number of rotatable bonds is 2. The Balaban J connectivity index is 1.81. The number of carbonyl (C=O) groups is 1. The first-order valence-electron chi connectivity index (χ1n) is 6.20. The van der Waals surface area contributed by atoms with Gasteiger partial charge < -0.3 is 0 Å². The molecule has 0 unspecified atom stereocenters. The van der Waals surface area contributed by atoms with Crippen molar-refractivity contribution < 1.29 is 9.48 Å². The van der Waals surface area contributed by atoms with E-state index in [9.17, 15) is 4.79 Å². The second-order valence-corrected chi connectivity index (χ2v) is 5.49. The van der Waals surface area contributed by atoms with Gasteiger partial charge in [-0.1, -0.05) is 34.1 Å². The van der Waals surface area contributed by atoms with Crippen molar-refractivity contribution in [2.24, 2.45) is 5.73 Å². The van der Waals surface area contributed by atoms with E-state index in [1.807, 2.05) is 36.4 Å². The van der Waals surface area contributed by atoms with Crippen molar-refractivity contribution >= 4 is 27.7 Å². The molecule has 1 amide bonds. The highest BCUT2D eigenvalue weighted by Crippen LogP contribution is 2.15. The van der Waals surface area contributed by atoms with Crippen molar-refractivity contribution in [3.05, 3.63) is 69.7 Å². The summed E-state index contributed by atoms with van der Waals surface area (Å²) in [4.78, 5) is 12.2. The number of nitrogens with zero attached hydrogens (tertiary/aromatic N) is 1. The Morgan fingerprint density at radius 2 is 1.85 bits per heavy atom. The van der Waals surface area contributed by atoms with E-state index in [0.717, 1.165) is 15.6 Å². The summed E-state index contributed by atoms with van der Waals surface area (Å²) in [5, 5.41) is 0. The van der Waals surface area contributed by atoms with Crippen LogP contribution < -0.4 is 11.2 Å². The maximum Gasteiger partial charge on any atom is 0.299 e. The van der Waals surface area contributed by atoms with Gasteiger partial charge in [-0.15, -0.1) is 0 Å². The number of fused-ring (bicyclic) bond motifs is 1. The normalized spacial score (nSPS) is 13.2. The molecule has 3 N–H and O–H groups in total. The second kappa shape index (κ2) is 5.09. The minimum Gasteiger partial charge on any atom is -0.285 e. The van der Waals surface area contributed by atoms with Crippen LogP contribution in [-0.4, -0.2) is 16.4 Å². The summed E-state index contributed by atoms with van der Waals surface area (Å²) in [6, 6.07) is 15.1. The number of hydrogen-bond donors (Lipinski definition) is 2. The maximum atomic E-state index is 12.2. The van der Waals surface area contributed by atoms with Gasteiger partial charge in [0, 0.05) is 15.6 Å². The zero-order valence-corrected chi connectivity index (χ0v) is 12.2. The van der Waals surface area contributed by atoms with Gasteiger partial charge in [0.15, 0.2) is 0 Å². The molecule has 2 aromatic rings. The maximum absolute atomic E-state index is 12.2. The van der Waals surface area contributed by atoms with Crippen LogP contribution in [0.4, 0.5) is 0 Å². The van der Waals surface area contributed by atoms with Crippen LogP contribution in [0.3, 0.4) is 0 Å². The van der Waals surface area contributed by atoms with Crippen molar-refractivity contribution in [1.82, 2.24) is 5.43 Å². The van der Waals surface area contributed by atoms with E-state index < -0.39 is 0 Å². The van der Waals surface area contributed by atoms with Gasteiger partial charge >= 0.3 is 0 Å². The molecule has 0 aromatic heterocycles. The van der Waals surface area contributed by atoms with Crippen LogP contribution in [0.15, 0.2) is 53.0 Å². The van der Waals surface area contributed by atoms with Gasteiger partial charge in [0.2, 0.25) is 0 Å². The van der Waals surface area contributed by atoms with Gasteiger partial charge in [0.05, 0.1) is 5.56 Å². The molecule has 0 spiro atoms. The standard InChI is InChI=1S/C15H12BrN3O/c16-12-7-5-10(6-8-12)15(20)18-19-9-11-3-1-2-4-13(11)14(19)17/h1-8,17H,9H2,(H,18,20)/p+1. The largest absolute Gasteiger partial charge is 0.299 e. The van der Waals surface area contributed by atoms with E-state index in [2.05, 4.69) is 21.4 Å². The fourth-order valence-electron chi connectivity index (χ4n) is 2.20. The molecule has 1 aliphatic rings. The van der Waals surface area contributed by atoms with Crippen molar-refractivity contribution in [2.75, 3.05) is 0 Å². The van der Waals surface area contributed by atoms with Crippen LogP contribution in [0.2, 0.25) is 0 Å². The predicted octanol–water partition coefficient (Wildman–Crippen LogP) is 2.03. The number of amides is 1. The Morgan fingerprint density at radius 1 is 1.15 bits per heavy atom. The number of carbonyl (C=O) groups excluding carboxylic acids is 1. The lowest BCUT2D eigenvalue weighted by atomic mass is 10.1. The molecule has 0 aliphatic carbocycles. The molecular formula is C15H13BrN3O+. The molecule has 0 fully saturated rings. The minimum absolute atomic E-state index is 0.173. The fraction of sp³-hybridized carbons (Fsp3) is 0.0667. The van der Waals surface area contributed by atoms with Crippen LogP contribution in [0.5, 0.6) is 0 Å². The Morgan fingerprint density at radius 3 is 2.55 bits per heavy atom. The molecule has 0 atom stereocenters. The van der Waals surface area contributed by atoms with E-state index in [1.165, 1.54) is 0 Å². The average Bonchev–Trinajstić information content (AvgIpc) is 2.77. The van der Waals surface area contributed by atoms with Crippen LogP contribution in [0, 0.1) is 0 Å². The number of halogens is 1. The second-order valence-electron chi connectivity index (χ2n) is 4.58. The number of hydrogen-bond acceptors (Lipinski definition) is 2. The van der Waals surface area contributed by atoms with Gasteiger partial charge in [0.25, 0.3) is 11.7 Å². The Labute approximate surface area is 125 Å². The number of nitrogens with one attached hydrogen (secondary N) is 1. The highest BCUT2D eigenvalue weighted by Gasteiger charge is 2.25. The van der Waals surface area contributed by atoms with Crippen LogP contribution in [0.1, 0.15) is 21.5 Å². The predicted molar refractivity (Wildman–Crippen MR) is 80.3 cm³/mol. The first-order chi connectivity index (χ1) is 9.65. The zero-order valence-electron chi connectivity index (χ0n) is 10.6. The van der Waals surface area contributed by atoms with Gasteiger partial charge in [-0.2, -0.15) is 10.1 Å². The van der Waals surface area contributed by atoms with Gasteiger partial charge in [-0.25, -0.2) is 0 Å². The van der Waals surface area contributed by atoms with E-state index >= 15 is 0 Å². The molecule has 1 aliphatic heterocycles. The molecule has 1 heterocycles. The third-order valence-electron chi connectivity index (χ3n) is 3.26. The minimum atomic E-state index is -0.173. The van der Waals surface area contributed by atoms with Crippen molar-refractivity contribution in [3.8, 4) is 0 Å². The molecule has 0 saturated heterocycles. The molecule has 4 nitrogen and oxygen atoms in total. The Bertz CT molecular complexity index is 707. The lowest BCUT2D eigenvalue weighted by Crippen LogP contribution is -2.38. The highest BCUT2D eigenvalue weighted by atomic mass is 79.9. The third kappa shape index (κ3) is 2.32. The number of hydrazone groups is 1. The molecule has 100 valence electrons. The molecule has 5 heteroatoms. The number of benzene rings is 2. The third-order valence-corrected chi connectivity index (χ3v) is 3.78. The Hall–Kier alpha value is -2.14.